The molecule has 3 nitrogen and oxygen atoms in total. The lowest BCUT2D eigenvalue weighted by atomic mass is 9.81. The van der Waals surface area contributed by atoms with Gasteiger partial charge in [-0.15, -0.1) is 0 Å². The van der Waals surface area contributed by atoms with Crippen LogP contribution in [0.3, 0.4) is 0 Å². The van der Waals surface area contributed by atoms with E-state index in [1.54, 1.807) is 0 Å². The highest BCUT2D eigenvalue weighted by atomic mass is 16.5. The number of nitrogens with two attached hydrogens (primary N) is 2. The van der Waals surface area contributed by atoms with Crippen LogP contribution in [0.25, 0.3) is 22.3 Å². The number of benzene rings is 4. The van der Waals surface area contributed by atoms with Crippen molar-refractivity contribution in [2.75, 3.05) is 11.5 Å². The third kappa shape index (κ3) is 5.36. The summed E-state index contributed by atoms with van der Waals surface area (Å²) in [6.07, 6.45) is 2.09. The maximum absolute atomic E-state index is 6.60. The molecule has 0 aromatic heterocycles. The molecule has 0 bridgehead atoms. The smallest absolute Gasteiger partial charge is 0.135 e. The molecule has 4 aromatic carbocycles. The fraction of sp³-hybridized carbons (Fsp3) is 0.294. The van der Waals surface area contributed by atoms with Gasteiger partial charge in [0.05, 0.1) is 0 Å². The molecule has 0 atom stereocenters. The van der Waals surface area contributed by atoms with Crippen LogP contribution < -0.4 is 16.2 Å². The first-order valence-corrected chi connectivity index (χ1v) is 13.2. The van der Waals surface area contributed by atoms with Gasteiger partial charge in [0.1, 0.15) is 11.5 Å². The largest absolute Gasteiger partial charge is 0.456 e. The van der Waals surface area contributed by atoms with Gasteiger partial charge < -0.3 is 16.2 Å². The number of rotatable bonds is 8. The quantitative estimate of drug-likeness (QED) is 0.241. The summed E-state index contributed by atoms with van der Waals surface area (Å²) in [5.74, 6) is 1.51. The normalized spacial score (nSPS) is 11.9. The maximum Gasteiger partial charge on any atom is 0.135 e. The summed E-state index contributed by atoms with van der Waals surface area (Å²) in [5, 5.41) is 0. The van der Waals surface area contributed by atoms with E-state index < -0.39 is 0 Å². The summed E-state index contributed by atoms with van der Waals surface area (Å²) in [4.78, 5) is 0. The van der Waals surface area contributed by atoms with E-state index in [0.717, 1.165) is 58.0 Å². The first-order valence-electron chi connectivity index (χ1n) is 13.2. The Hall–Kier alpha value is -3.72. The van der Waals surface area contributed by atoms with Crippen molar-refractivity contribution in [3.05, 3.63) is 96.1 Å². The Bertz CT molecular complexity index is 1290. The predicted octanol–water partition coefficient (Wildman–Crippen LogP) is 9.35. The summed E-state index contributed by atoms with van der Waals surface area (Å²) in [5.41, 5.74) is 21.2. The molecule has 0 amide bonds. The zero-order valence-corrected chi connectivity index (χ0v) is 23.1. The van der Waals surface area contributed by atoms with E-state index in [0.29, 0.717) is 0 Å². The molecule has 0 heterocycles. The molecule has 0 fully saturated rings. The molecule has 4 rings (SSSR count). The van der Waals surface area contributed by atoms with Crippen molar-refractivity contribution in [3.63, 3.8) is 0 Å². The molecule has 37 heavy (non-hydrogen) atoms. The van der Waals surface area contributed by atoms with Gasteiger partial charge in [0.15, 0.2) is 0 Å². The molecule has 0 saturated carbocycles. The van der Waals surface area contributed by atoms with Crippen LogP contribution >= 0.6 is 0 Å². The predicted molar refractivity (Wildman–Crippen MR) is 159 cm³/mol. The standard InChI is InChI=1S/C34H40N2O/c1-7-33(3,4)23-17-19-25(29(35)21-23)27-13-9-11-15-31(27)37-32-16-12-10-14-28(32)26-20-18-24(22-30(26)36)34(5,6)8-2/h9-22H,7-8,35-36H2,1-6H3. The van der Waals surface area contributed by atoms with Crippen LogP contribution in [-0.4, -0.2) is 0 Å². The second-order valence-electron chi connectivity index (χ2n) is 11.2. The number of hydrogen-bond acceptors (Lipinski definition) is 3. The van der Waals surface area contributed by atoms with E-state index in [1.807, 2.05) is 36.4 Å². The molecule has 192 valence electrons. The minimum Gasteiger partial charge on any atom is -0.456 e. The van der Waals surface area contributed by atoms with Gasteiger partial charge in [0.25, 0.3) is 0 Å². The van der Waals surface area contributed by atoms with Gasteiger partial charge in [-0.25, -0.2) is 0 Å². The maximum atomic E-state index is 6.60. The van der Waals surface area contributed by atoms with Crippen molar-refractivity contribution >= 4 is 11.4 Å². The summed E-state index contributed by atoms with van der Waals surface area (Å²) in [7, 11) is 0. The van der Waals surface area contributed by atoms with Gasteiger partial charge in [-0.1, -0.05) is 102 Å². The lowest BCUT2D eigenvalue weighted by Gasteiger charge is -2.25. The highest BCUT2D eigenvalue weighted by molar-refractivity contribution is 5.84. The molecule has 0 aliphatic heterocycles. The third-order valence-corrected chi connectivity index (χ3v) is 8.01. The van der Waals surface area contributed by atoms with Crippen LogP contribution in [0.4, 0.5) is 11.4 Å². The number of para-hydroxylation sites is 2. The average molecular weight is 493 g/mol. The van der Waals surface area contributed by atoms with E-state index >= 15 is 0 Å². The van der Waals surface area contributed by atoms with Crippen LogP contribution in [0, 0.1) is 0 Å². The Kier molecular flexibility index (Phi) is 7.36. The van der Waals surface area contributed by atoms with Gasteiger partial charge in [-0.3, -0.25) is 0 Å². The van der Waals surface area contributed by atoms with Crippen molar-refractivity contribution in [1.82, 2.24) is 0 Å². The highest BCUT2D eigenvalue weighted by Gasteiger charge is 2.22. The fourth-order valence-electron chi connectivity index (χ4n) is 4.54. The Morgan fingerprint density at radius 3 is 1.27 bits per heavy atom. The first kappa shape index (κ1) is 26.3. The number of ether oxygens (including phenoxy) is 1. The summed E-state index contributed by atoms with van der Waals surface area (Å²) < 4.78 is 6.59. The SMILES string of the molecule is CCC(C)(C)c1ccc(-c2ccccc2Oc2ccccc2-c2ccc(C(C)(C)CC)cc2N)c(N)c1. The summed E-state index contributed by atoms with van der Waals surface area (Å²) in [6.45, 7) is 13.4. The molecule has 0 saturated heterocycles. The number of anilines is 2. The van der Waals surface area contributed by atoms with Crippen LogP contribution in [0.1, 0.15) is 65.5 Å². The van der Waals surface area contributed by atoms with Crippen molar-refractivity contribution in [3.8, 4) is 33.8 Å². The molecule has 0 unspecified atom stereocenters. The lowest BCUT2D eigenvalue weighted by molar-refractivity contribution is 0.486. The summed E-state index contributed by atoms with van der Waals surface area (Å²) in [6, 6.07) is 28.9. The topological polar surface area (TPSA) is 61.3 Å². The van der Waals surface area contributed by atoms with Crippen molar-refractivity contribution < 1.29 is 4.74 Å². The van der Waals surface area contributed by atoms with E-state index in [4.69, 9.17) is 16.2 Å². The lowest BCUT2D eigenvalue weighted by Crippen LogP contribution is -2.15. The Balaban J connectivity index is 1.73. The zero-order chi connectivity index (χ0) is 26.8. The molecular weight excluding hydrogens is 452 g/mol. The van der Waals surface area contributed by atoms with Gasteiger partial charge in [0, 0.05) is 33.6 Å². The Morgan fingerprint density at radius 2 is 0.919 bits per heavy atom. The van der Waals surface area contributed by atoms with Crippen molar-refractivity contribution in [1.29, 1.82) is 0 Å². The molecule has 0 aliphatic rings. The Labute approximate surface area is 222 Å². The minimum absolute atomic E-state index is 0.0728. The van der Waals surface area contributed by atoms with Crippen molar-refractivity contribution in [2.45, 2.75) is 65.2 Å². The van der Waals surface area contributed by atoms with E-state index in [-0.39, 0.29) is 10.8 Å². The fourth-order valence-corrected chi connectivity index (χ4v) is 4.54. The average Bonchev–Trinajstić information content (AvgIpc) is 2.89. The first-order chi connectivity index (χ1) is 17.6. The van der Waals surface area contributed by atoms with Gasteiger partial charge in [0.2, 0.25) is 0 Å². The Morgan fingerprint density at radius 1 is 0.541 bits per heavy atom. The minimum atomic E-state index is 0.0728. The van der Waals surface area contributed by atoms with Crippen LogP contribution in [0.5, 0.6) is 11.5 Å². The van der Waals surface area contributed by atoms with Crippen LogP contribution in [-0.2, 0) is 10.8 Å². The van der Waals surface area contributed by atoms with E-state index in [2.05, 4.69) is 90.1 Å². The zero-order valence-electron chi connectivity index (χ0n) is 23.1. The van der Waals surface area contributed by atoms with Gasteiger partial charge >= 0.3 is 0 Å². The molecule has 4 N–H and O–H groups in total. The molecule has 4 aromatic rings. The molecule has 0 radical (unpaired) electrons. The van der Waals surface area contributed by atoms with Crippen LogP contribution in [0.15, 0.2) is 84.9 Å². The van der Waals surface area contributed by atoms with E-state index in [1.165, 1.54) is 11.1 Å². The number of nitrogen functional groups attached to an aromatic ring is 2. The third-order valence-electron chi connectivity index (χ3n) is 8.01. The number of hydrogen-bond donors (Lipinski definition) is 2. The van der Waals surface area contributed by atoms with Gasteiger partial charge in [-0.2, -0.15) is 0 Å². The van der Waals surface area contributed by atoms with Crippen molar-refractivity contribution in [2.24, 2.45) is 0 Å². The molecule has 3 heteroatoms. The monoisotopic (exact) mass is 492 g/mol. The van der Waals surface area contributed by atoms with Crippen LogP contribution in [0.2, 0.25) is 0 Å². The van der Waals surface area contributed by atoms with E-state index in [9.17, 15) is 0 Å². The molecule has 0 spiro atoms. The highest BCUT2D eigenvalue weighted by Crippen LogP contribution is 2.42. The van der Waals surface area contributed by atoms with Gasteiger partial charge in [-0.05, 0) is 59.1 Å². The second-order valence-corrected chi connectivity index (χ2v) is 11.2. The molecular formula is C34H40N2O. The molecule has 0 aliphatic carbocycles. The second kappa shape index (κ2) is 10.3. The summed E-state index contributed by atoms with van der Waals surface area (Å²) >= 11 is 0.